The van der Waals surface area contributed by atoms with Gasteiger partial charge in [-0.05, 0) is 18.2 Å². The van der Waals surface area contributed by atoms with Gasteiger partial charge < -0.3 is 10.3 Å². The van der Waals surface area contributed by atoms with Gasteiger partial charge in [-0.25, -0.2) is 9.55 Å². The van der Waals surface area contributed by atoms with Crippen molar-refractivity contribution in [2.24, 2.45) is 0 Å². The summed E-state index contributed by atoms with van der Waals surface area (Å²) in [6, 6.07) is 17.1. The molecular formula is C17H14N4O. The molecule has 0 atom stereocenters. The van der Waals surface area contributed by atoms with Crippen molar-refractivity contribution in [3.8, 4) is 5.95 Å². The maximum absolute atomic E-state index is 12.6. The van der Waals surface area contributed by atoms with E-state index in [2.05, 4.69) is 15.3 Å². The lowest BCUT2D eigenvalue weighted by Crippen LogP contribution is -2.19. The van der Waals surface area contributed by atoms with Crippen molar-refractivity contribution in [1.82, 2.24) is 14.5 Å². The molecule has 0 fully saturated rings. The number of fused-ring (bicyclic) bond motifs is 2. The Hall–Kier alpha value is -3.08. The van der Waals surface area contributed by atoms with E-state index in [4.69, 9.17) is 0 Å². The van der Waals surface area contributed by atoms with E-state index in [0.29, 0.717) is 5.95 Å². The second-order valence-electron chi connectivity index (χ2n) is 5.08. The maximum atomic E-state index is 12.6. The van der Waals surface area contributed by atoms with E-state index >= 15 is 0 Å². The van der Waals surface area contributed by atoms with Crippen molar-refractivity contribution in [3.63, 3.8) is 0 Å². The molecule has 2 heterocycles. The van der Waals surface area contributed by atoms with Gasteiger partial charge in [0, 0.05) is 24.2 Å². The zero-order chi connectivity index (χ0) is 15.1. The Labute approximate surface area is 126 Å². The fourth-order valence-corrected chi connectivity index (χ4v) is 2.75. The molecule has 5 heteroatoms. The molecule has 0 saturated carbocycles. The highest BCUT2D eigenvalue weighted by atomic mass is 16.1. The number of aromatic amines is 1. The Bertz CT molecular complexity index is 1010. The van der Waals surface area contributed by atoms with Gasteiger partial charge in [-0.3, -0.25) is 4.79 Å². The molecule has 0 spiro atoms. The van der Waals surface area contributed by atoms with Gasteiger partial charge >= 0.3 is 0 Å². The van der Waals surface area contributed by atoms with Crippen molar-refractivity contribution in [1.29, 1.82) is 0 Å². The van der Waals surface area contributed by atoms with Gasteiger partial charge in [0.05, 0.1) is 16.6 Å². The SMILES string of the molecule is CNc1cc(=O)n(-c2nc3ccccc3[nH]2)c2ccccc12. The Morgan fingerprint density at radius 1 is 1.09 bits per heavy atom. The minimum Gasteiger partial charge on any atom is -0.387 e. The lowest BCUT2D eigenvalue weighted by atomic mass is 10.2. The fraction of sp³-hybridized carbons (Fsp3) is 0.0588. The molecule has 0 radical (unpaired) electrons. The highest BCUT2D eigenvalue weighted by molar-refractivity contribution is 5.92. The number of imidazole rings is 1. The van der Waals surface area contributed by atoms with Gasteiger partial charge in [0.1, 0.15) is 0 Å². The van der Waals surface area contributed by atoms with Gasteiger partial charge in [0.2, 0.25) is 5.95 Å². The summed E-state index contributed by atoms with van der Waals surface area (Å²) >= 11 is 0. The molecule has 0 aliphatic carbocycles. The number of hydrogen-bond acceptors (Lipinski definition) is 3. The standard InChI is InChI=1S/C17H14N4O/c1-18-14-10-16(22)21(15-9-5-2-6-11(14)15)17-19-12-7-3-4-8-13(12)20-17/h2-10,18H,1H3,(H,19,20). The van der Waals surface area contributed by atoms with Crippen LogP contribution in [0, 0.1) is 0 Å². The van der Waals surface area contributed by atoms with Crippen LogP contribution >= 0.6 is 0 Å². The van der Waals surface area contributed by atoms with E-state index in [1.807, 2.05) is 55.6 Å². The van der Waals surface area contributed by atoms with Crippen molar-refractivity contribution in [2.45, 2.75) is 0 Å². The van der Waals surface area contributed by atoms with Crippen LogP contribution in [0.5, 0.6) is 0 Å². The summed E-state index contributed by atoms with van der Waals surface area (Å²) in [6.07, 6.45) is 0. The number of rotatable bonds is 2. The summed E-state index contributed by atoms with van der Waals surface area (Å²) in [4.78, 5) is 20.3. The molecule has 0 aliphatic rings. The van der Waals surface area contributed by atoms with E-state index in [1.165, 1.54) is 0 Å². The highest BCUT2D eigenvalue weighted by Gasteiger charge is 2.12. The molecule has 2 aromatic heterocycles. The molecule has 4 aromatic rings. The van der Waals surface area contributed by atoms with Crippen molar-refractivity contribution in [2.75, 3.05) is 12.4 Å². The van der Waals surface area contributed by atoms with Crippen LogP contribution in [-0.2, 0) is 0 Å². The molecule has 0 bridgehead atoms. The first-order valence-electron chi connectivity index (χ1n) is 7.05. The Kier molecular flexibility index (Phi) is 2.72. The molecule has 0 saturated heterocycles. The lowest BCUT2D eigenvalue weighted by molar-refractivity contribution is 0.960. The number of benzene rings is 2. The number of hydrogen-bond donors (Lipinski definition) is 2. The Morgan fingerprint density at radius 3 is 2.68 bits per heavy atom. The maximum Gasteiger partial charge on any atom is 0.260 e. The summed E-state index contributed by atoms with van der Waals surface area (Å²) in [5.41, 5.74) is 3.26. The third-order valence-corrected chi connectivity index (χ3v) is 3.78. The molecule has 4 rings (SSSR count). The van der Waals surface area contributed by atoms with Crippen LogP contribution in [-0.4, -0.2) is 21.6 Å². The fourth-order valence-electron chi connectivity index (χ4n) is 2.75. The predicted octanol–water partition coefficient (Wildman–Crippen LogP) is 2.91. The number of nitrogens with one attached hydrogen (secondary N) is 2. The average Bonchev–Trinajstić information content (AvgIpc) is 2.97. The summed E-state index contributed by atoms with van der Waals surface area (Å²) in [5, 5.41) is 4.05. The molecule has 0 aliphatic heterocycles. The third kappa shape index (κ3) is 1.79. The third-order valence-electron chi connectivity index (χ3n) is 3.78. The molecular weight excluding hydrogens is 276 g/mol. The minimum atomic E-state index is -0.123. The summed E-state index contributed by atoms with van der Waals surface area (Å²) < 4.78 is 1.61. The largest absolute Gasteiger partial charge is 0.387 e. The van der Waals surface area contributed by atoms with Gasteiger partial charge in [-0.1, -0.05) is 30.3 Å². The molecule has 5 nitrogen and oxygen atoms in total. The zero-order valence-corrected chi connectivity index (χ0v) is 12.0. The van der Waals surface area contributed by atoms with E-state index in [1.54, 1.807) is 10.6 Å². The molecule has 2 aromatic carbocycles. The van der Waals surface area contributed by atoms with E-state index in [0.717, 1.165) is 27.6 Å². The number of aromatic nitrogens is 3. The quantitative estimate of drug-likeness (QED) is 0.596. The van der Waals surface area contributed by atoms with Gasteiger partial charge in [-0.2, -0.15) is 0 Å². The Balaban J connectivity index is 2.10. The van der Waals surface area contributed by atoms with Crippen LogP contribution in [0.4, 0.5) is 5.69 Å². The molecule has 22 heavy (non-hydrogen) atoms. The van der Waals surface area contributed by atoms with Crippen LogP contribution in [0.15, 0.2) is 59.4 Å². The number of H-pyrrole nitrogens is 1. The lowest BCUT2D eigenvalue weighted by Gasteiger charge is -2.11. The molecule has 0 amide bonds. The van der Waals surface area contributed by atoms with E-state index < -0.39 is 0 Å². The van der Waals surface area contributed by atoms with E-state index in [9.17, 15) is 4.79 Å². The Morgan fingerprint density at radius 2 is 1.86 bits per heavy atom. The van der Waals surface area contributed by atoms with Gasteiger partial charge in [-0.15, -0.1) is 0 Å². The number of anilines is 1. The van der Waals surface area contributed by atoms with Crippen LogP contribution in [0.2, 0.25) is 0 Å². The second-order valence-corrected chi connectivity index (χ2v) is 5.08. The summed E-state index contributed by atoms with van der Waals surface area (Å²) in [6.45, 7) is 0. The first-order valence-corrected chi connectivity index (χ1v) is 7.05. The first-order chi connectivity index (χ1) is 10.8. The number of nitrogens with zero attached hydrogens (tertiary/aromatic N) is 2. The van der Waals surface area contributed by atoms with Gasteiger partial charge in [0.25, 0.3) is 5.56 Å². The summed E-state index contributed by atoms with van der Waals surface area (Å²) in [7, 11) is 1.81. The van der Waals surface area contributed by atoms with Gasteiger partial charge in [0.15, 0.2) is 0 Å². The minimum absolute atomic E-state index is 0.123. The molecule has 108 valence electrons. The van der Waals surface area contributed by atoms with Crippen LogP contribution in [0.3, 0.4) is 0 Å². The normalized spacial score (nSPS) is 11.1. The monoisotopic (exact) mass is 290 g/mol. The summed E-state index contributed by atoms with van der Waals surface area (Å²) in [5.74, 6) is 0.532. The first kappa shape index (κ1) is 12.6. The second kappa shape index (κ2) is 4.73. The average molecular weight is 290 g/mol. The van der Waals surface area contributed by atoms with Crippen LogP contribution in [0.1, 0.15) is 0 Å². The van der Waals surface area contributed by atoms with Crippen molar-refractivity contribution in [3.05, 3.63) is 65.0 Å². The topological polar surface area (TPSA) is 62.7 Å². The molecule has 2 N–H and O–H groups in total. The van der Waals surface area contributed by atoms with Crippen molar-refractivity contribution < 1.29 is 0 Å². The highest BCUT2D eigenvalue weighted by Crippen LogP contribution is 2.23. The number of para-hydroxylation sites is 3. The van der Waals surface area contributed by atoms with Crippen LogP contribution in [0.25, 0.3) is 27.9 Å². The predicted molar refractivity (Wildman–Crippen MR) is 88.7 cm³/mol. The zero-order valence-electron chi connectivity index (χ0n) is 12.0. The van der Waals surface area contributed by atoms with E-state index in [-0.39, 0.29) is 5.56 Å². The number of pyridine rings is 1. The molecule has 0 unspecified atom stereocenters. The van der Waals surface area contributed by atoms with Crippen LogP contribution < -0.4 is 10.9 Å². The van der Waals surface area contributed by atoms with Crippen molar-refractivity contribution >= 4 is 27.6 Å². The smallest absolute Gasteiger partial charge is 0.260 e.